The molecule has 0 saturated carbocycles. The first-order chi connectivity index (χ1) is 9.24. The molecule has 0 atom stereocenters. The second-order valence-electron chi connectivity index (χ2n) is 4.63. The zero-order valence-corrected chi connectivity index (χ0v) is 12.9. The smallest absolute Gasteiger partial charge is 0.246 e. The van der Waals surface area contributed by atoms with Gasteiger partial charge in [-0.15, -0.1) is 0 Å². The van der Waals surface area contributed by atoms with Gasteiger partial charge >= 0.3 is 0 Å². The van der Waals surface area contributed by atoms with E-state index in [0.717, 1.165) is 0 Å². The number of hydrogen-bond acceptors (Lipinski definition) is 6. The average molecular weight is 304 g/mol. The van der Waals surface area contributed by atoms with Crippen molar-refractivity contribution in [1.29, 1.82) is 0 Å². The summed E-state index contributed by atoms with van der Waals surface area (Å²) >= 11 is 0. The summed E-state index contributed by atoms with van der Waals surface area (Å²) in [6.07, 6.45) is 0. The molecule has 0 aliphatic rings. The summed E-state index contributed by atoms with van der Waals surface area (Å²) < 4.78 is 31.1. The van der Waals surface area contributed by atoms with E-state index in [4.69, 9.17) is 4.52 Å². The van der Waals surface area contributed by atoms with Crippen molar-refractivity contribution in [2.24, 2.45) is 0 Å². The Morgan fingerprint density at radius 2 is 2.00 bits per heavy atom. The van der Waals surface area contributed by atoms with Gasteiger partial charge in [0.1, 0.15) is 10.6 Å². The molecule has 0 aliphatic heterocycles. The largest absolute Gasteiger partial charge is 0.360 e. The third-order valence-corrected chi connectivity index (χ3v) is 4.19. The van der Waals surface area contributed by atoms with Crippen molar-refractivity contribution < 1.29 is 17.7 Å². The van der Waals surface area contributed by atoms with Crippen LogP contribution < -0.4 is 10.0 Å². The van der Waals surface area contributed by atoms with E-state index in [1.54, 1.807) is 0 Å². The number of nitrogens with zero attached hydrogens (tertiary/aromatic N) is 2. The van der Waals surface area contributed by atoms with Crippen molar-refractivity contribution in [2.45, 2.75) is 18.7 Å². The molecular weight excluding hydrogens is 284 g/mol. The normalized spacial score (nSPS) is 11.8. The number of carbonyl (C=O) groups is 1. The Morgan fingerprint density at radius 1 is 1.35 bits per heavy atom. The molecule has 20 heavy (non-hydrogen) atoms. The molecule has 0 aromatic carbocycles. The quantitative estimate of drug-likeness (QED) is 0.686. The number of likely N-dealkylation sites (N-methyl/N-ethyl adjacent to an activating group) is 1. The molecule has 0 fully saturated rings. The molecule has 0 saturated heterocycles. The molecule has 0 aliphatic carbocycles. The van der Waals surface area contributed by atoms with E-state index in [2.05, 4.69) is 15.2 Å². The van der Waals surface area contributed by atoms with Crippen molar-refractivity contribution in [3.8, 4) is 0 Å². The molecular formula is C11H20N4O4S. The summed E-state index contributed by atoms with van der Waals surface area (Å²) in [4.78, 5) is 13.4. The number of rotatable bonds is 7. The molecule has 0 spiro atoms. The van der Waals surface area contributed by atoms with Gasteiger partial charge in [-0.1, -0.05) is 5.16 Å². The van der Waals surface area contributed by atoms with Gasteiger partial charge < -0.3 is 14.7 Å². The summed E-state index contributed by atoms with van der Waals surface area (Å²) in [5, 5.41) is 6.19. The predicted octanol–water partition coefficient (Wildman–Crippen LogP) is -0.752. The molecule has 9 heteroatoms. The zero-order valence-electron chi connectivity index (χ0n) is 12.1. The molecule has 1 aromatic rings. The highest BCUT2D eigenvalue weighted by atomic mass is 32.2. The zero-order chi connectivity index (χ0) is 15.3. The number of nitrogens with one attached hydrogen (secondary N) is 2. The van der Waals surface area contributed by atoms with Gasteiger partial charge in [0.15, 0.2) is 5.76 Å². The van der Waals surface area contributed by atoms with Gasteiger partial charge in [0.25, 0.3) is 0 Å². The SMILES string of the molecule is Cc1noc(C)c1S(=O)(=O)NCC(=O)NCCN(C)C. The molecule has 1 heterocycles. The molecule has 0 radical (unpaired) electrons. The van der Waals surface area contributed by atoms with Crippen LogP contribution in [0.5, 0.6) is 0 Å². The Balaban J connectivity index is 2.54. The maximum Gasteiger partial charge on any atom is 0.246 e. The second kappa shape index (κ2) is 6.82. The number of carbonyl (C=O) groups excluding carboxylic acids is 1. The number of amides is 1. The average Bonchev–Trinajstić information content (AvgIpc) is 2.67. The first-order valence-electron chi connectivity index (χ1n) is 6.08. The van der Waals surface area contributed by atoms with Crippen molar-refractivity contribution in [3.05, 3.63) is 11.5 Å². The van der Waals surface area contributed by atoms with Gasteiger partial charge in [0.2, 0.25) is 15.9 Å². The summed E-state index contributed by atoms with van der Waals surface area (Å²) in [7, 11) is -0.0297. The highest BCUT2D eigenvalue weighted by Gasteiger charge is 2.24. The van der Waals surface area contributed by atoms with E-state index in [1.165, 1.54) is 13.8 Å². The third-order valence-electron chi connectivity index (χ3n) is 2.54. The van der Waals surface area contributed by atoms with E-state index < -0.39 is 10.0 Å². The Labute approximate surface area is 118 Å². The Morgan fingerprint density at radius 3 is 2.50 bits per heavy atom. The van der Waals surface area contributed by atoms with Crippen molar-refractivity contribution >= 4 is 15.9 Å². The Kier molecular flexibility index (Phi) is 5.66. The Bertz CT molecular complexity index is 545. The number of sulfonamides is 1. The highest BCUT2D eigenvalue weighted by Crippen LogP contribution is 2.18. The fourth-order valence-electron chi connectivity index (χ4n) is 1.57. The van der Waals surface area contributed by atoms with Gasteiger partial charge in [-0.25, -0.2) is 13.1 Å². The van der Waals surface area contributed by atoms with Crippen molar-refractivity contribution in [3.63, 3.8) is 0 Å². The predicted molar refractivity (Wildman–Crippen MR) is 72.7 cm³/mol. The van der Waals surface area contributed by atoms with Crippen LogP contribution >= 0.6 is 0 Å². The second-order valence-corrected chi connectivity index (χ2v) is 6.33. The molecule has 1 aromatic heterocycles. The fourth-order valence-corrected chi connectivity index (χ4v) is 2.88. The fraction of sp³-hybridized carbons (Fsp3) is 0.636. The molecule has 2 N–H and O–H groups in total. The summed E-state index contributed by atoms with van der Waals surface area (Å²) in [6.45, 7) is 3.86. The van der Waals surface area contributed by atoms with Crippen LogP contribution in [0.15, 0.2) is 9.42 Å². The lowest BCUT2D eigenvalue weighted by atomic mass is 10.4. The van der Waals surface area contributed by atoms with Crippen molar-refractivity contribution in [1.82, 2.24) is 20.1 Å². The topological polar surface area (TPSA) is 105 Å². The van der Waals surface area contributed by atoms with Crippen LogP contribution in [-0.4, -0.2) is 58.1 Å². The van der Waals surface area contributed by atoms with Crippen molar-refractivity contribution in [2.75, 3.05) is 33.7 Å². The maximum atomic E-state index is 12.0. The van der Waals surface area contributed by atoms with E-state index >= 15 is 0 Å². The van der Waals surface area contributed by atoms with Crippen LogP contribution in [0.1, 0.15) is 11.5 Å². The van der Waals surface area contributed by atoms with Gasteiger partial charge in [0.05, 0.1) is 6.54 Å². The van der Waals surface area contributed by atoms with Crippen LogP contribution in [0.4, 0.5) is 0 Å². The summed E-state index contributed by atoms with van der Waals surface area (Å²) in [5.74, 6) is -0.190. The van der Waals surface area contributed by atoms with Crippen LogP contribution in [0.3, 0.4) is 0 Å². The molecule has 1 rings (SSSR count). The van der Waals surface area contributed by atoms with Crippen LogP contribution in [0.25, 0.3) is 0 Å². The molecule has 114 valence electrons. The lowest BCUT2D eigenvalue weighted by molar-refractivity contribution is -0.119. The van der Waals surface area contributed by atoms with Gasteiger partial charge in [-0.05, 0) is 27.9 Å². The minimum absolute atomic E-state index is 0.0152. The first kappa shape index (κ1) is 16.6. The van der Waals surface area contributed by atoms with E-state index in [-0.39, 0.29) is 28.8 Å². The Hall–Kier alpha value is -1.45. The first-order valence-corrected chi connectivity index (χ1v) is 7.56. The van der Waals surface area contributed by atoms with Gasteiger partial charge in [-0.2, -0.15) is 0 Å². The van der Waals surface area contributed by atoms with Gasteiger partial charge in [0, 0.05) is 13.1 Å². The summed E-state index contributed by atoms with van der Waals surface area (Å²) in [5.41, 5.74) is 0.267. The number of aryl methyl sites for hydroxylation is 2. The number of aromatic nitrogens is 1. The highest BCUT2D eigenvalue weighted by molar-refractivity contribution is 7.89. The van der Waals surface area contributed by atoms with E-state index in [1.807, 2.05) is 19.0 Å². The van der Waals surface area contributed by atoms with Crippen LogP contribution in [0.2, 0.25) is 0 Å². The van der Waals surface area contributed by atoms with E-state index in [0.29, 0.717) is 13.1 Å². The lowest BCUT2D eigenvalue weighted by Crippen LogP contribution is -2.39. The molecule has 1 amide bonds. The van der Waals surface area contributed by atoms with E-state index in [9.17, 15) is 13.2 Å². The standard InChI is InChI=1S/C11H20N4O4S/c1-8-11(9(2)19-14-8)20(17,18)13-7-10(16)12-5-6-15(3)4/h13H,5-7H2,1-4H3,(H,12,16). The molecule has 8 nitrogen and oxygen atoms in total. The van der Waals surface area contributed by atoms with Crippen LogP contribution in [0, 0.1) is 13.8 Å². The van der Waals surface area contributed by atoms with Crippen LogP contribution in [-0.2, 0) is 14.8 Å². The minimum Gasteiger partial charge on any atom is -0.360 e. The molecule has 0 bridgehead atoms. The third kappa shape index (κ3) is 4.58. The minimum atomic E-state index is -3.79. The summed E-state index contributed by atoms with van der Waals surface area (Å²) in [6, 6.07) is 0. The molecule has 0 unspecified atom stereocenters. The number of hydrogen-bond donors (Lipinski definition) is 2. The van der Waals surface area contributed by atoms with Gasteiger partial charge in [-0.3, -0.25) is 4.79 Å². The monoisotopic (exact) mass is 304 g/mol. The lowest BCUT2D eigenvalue weighted by Gasteiger charge is -2.11. The maximum absolute atomic E-state index is 12.0.